The molecule has 0 aromatic carbocycles. The molecule has 0 aliphatic carbocycles. The van der Waals surface area contributed by atoms with E-state index in [9.17, 15) is 4.79 Å². The molecule has 0 rings (SSSR count). The van der Waals surface area contributed by atoms with Gasteiger partial charge in [-0.15, -0.1) is 0 Å². The Morgan fingerprint density at radius 3 is 2.14 bits per heavy atom. The fourth-order valence-electron chi connectivity index (χ4n) is 1.86. The molecule has 0 heterocycles. The van der Waals surface area contributed by atoms with Crippen molar-refractivity contribution in [3.8, 4) is 0 Å². The van der Waals surface area contributed by atoms with Crippen LogP contribution in [0.5, 0.6) is 0 Å². The lowest BCUT2D eigenvalue weighted by Gasteiger charge is -2.25. The van der Waals surface area contributed by atoms with Crippen LogP contribution in [0.1, 0.15) is 67.2 Å². The zero-order valence-electron chi connectivity index (χ0n) is 15.0. The molecule has 3 nitrogen and oxygen atoms in total. The van der Waals surface area contributed by atoms with E-state index in [1.807, 2.05) is 13.8 Å². The van der Waals surface area contributed by atoms with Crippen LogP contribution in [0, 0.1) is 17.3 Å². The first-order chi connectivity index (χ1) is 9.74. The molecular formula is C18H36O3. The predicted molar refractivity (Wildman–Crippen MR) is 88.6 cm³/mol. The maximum absolute atomic E-state index is 11.3. The number of hydrogen-bond acceptors (Lipinski definition) is 3. The van der Waals surface area contributed by atoms with Gasteiger partial charge in [-0.3, -0.25) is 4.79 Å². The summed E-state index contributed by atoms with van der Waals surface area (Å²) >= 11 is 0. The van der Waals surface area contributed by atoms with E-state index in [1.54, 1.807) is 0 Å². The van der Waals surface area contributed by atoms with Crippen molar-refractivity contribution in [1.82, 2.24) is 0 Å². The van der Waals surface area contributed by atoms with Crippen LogP contribution >= 0.6 is 0 Å². The highest BCUT2D eigenvalue weighted by Crippen LogP contribution is 2.28. The number of carbonyl (C=O) groups is 1. The van der Waals surface area contributed by atoms with Crippen LogP contribution in [0.4, 0.5) is 0 Å². The molecule has 0 aliphatic heterocycles. The van der Waals surface area contributed by atoms with Crippen molar-refractivity contribution in [2.75, 3.05) is 26.4 Å². The number of rotatable bonds is 13. The molecule has 0 N–H and O–H groups in total. The van der Waals surface area contributed by atoms with E-state index in [0.29, 0.717) is 12.0 Å². The van der Waals surface area contributed by atoms with Crippen LogP contribution in [-0.4, -0.2) is 32.2 Å². The van der Waals surface area contributed by atoms with Crippen LogP contribution in [-0.2, 0) is 14.3 Å². The zero-order valence-corrected chi connectivity index (χ0v) is 15.0. The molecule has 0 saturated carbocycles. The summed E-state index contributed by atoms with van der Waals surface area (Å²) in [5, 5.41) is 0. The predicted octanol–water partition coefficient (Wildman–Crippen LogP) is 4.49. The first-order valence-corrected chi connectivity index (χ1v) is 8.43. The maximum Gasteiger partial charge on any atom is 0.160 e. The summed E-state index contributed by atoms with van der Waals surface area (Å²) in [7, 11) is 0. The minimum atomic E-state index is 0.0642. The molecule has 0 radical (unpaired) electrons. The largest absolute Gasteiger partial charge is 0.381 e. The molecule has 21 heavy (non-hydrogen) atoms. The van der Waals surface area contributed by atoms with Gasteiger partial charge in [0.1, 0.15) is 6.61 Å². The third kappa shape index (κ3) is 13.0. The average molecular weight is 300 g/mol. The van der Waals surface area contributed by atoms with Crippen LogP contribution < -0.4 is 0 Å². The minimum Gasteiger partial charge on any atom is -0.381 e. The standard InChI is InChI=1S/C18H36O3/c1-15(2)8-9-18(5,6)10-13-20-11-7-12-21-14-17(19)16(3)4/h15-16H,7-14H2,1-6H3. The molecular weight excluding hydrogens is 264 g/mol. The lowest BCUT2D eigenvalue weighted by atomic mass is 9.83. The monoisotopic (exact) mass is 300 g/mol. The summed E-state index contributed by atoms with van der Waals surface area (Å²) in [5.41, 5.74) is 0.366. The minimum absolute atomic E-state index is 0.0642. The second-order valence-corrected chi connectivity index (χ2v) is 7.49. The highest BCUT2D eigenvalue weighted by atomic mass is 16.5. The van der Waals surface area contributed by atoms with Gasteiger partial charge in [0.05, 0.1) is 0 Å². The van der Waals surface area contributed by atoms with E-state index in [0.717, 1.165) is 32.0 Å². The van der Waals surface area contributed by atoms with Crippen molar-refractivity contribution < 1.29 is 14.3 Å². The normalized spacial score (nSPS) is 12.4. The van der Waals surface area contributed by atoms with Crippen molar-refractivity contribution >= 4 is 5.78 Å². The molecule has 3 heteroatoms. The van der Waals surface area contributed by atoms with Gasteiger partial charge in [-0.05, 0) is 30.6 Å². The lowest BCUT2D eigenvalue weighted by molar-refractivity contribution is -0.126. The molecule has 126 valence electrons. The van der Waals surface area contributed by atoms with Crippen molar-refractivity contribution in [3.63, 3.8) is 0 Å². The van der Waals surface area contributed by atoms with Gasteiger partial charge < -0.3 is 9.47 Å². The number of ketones is 1. The Hall–Kier alpha value is -0.410. The third-order valence-electron chi connectivity index (χ3n) is 3.79. The van der Waals surface area contributed by atoms with E-state index >= 15 is 0 Å². The second kappa shape index (κ2) is 11.2. The summed E-state index contributed by atoms with van der Waals surface area (Å²) in [4.78, 5) is 11.3. The van der Waals surface area contributed by atoms with Crippen molar-refractivity contribution in [1.29, 1.82) is 0 Å². The Balaban J connectivity index is 3.45. The van der Waals surface area contributed by atoms with Crippen LogP contribution in [0.15, 0.2) is 0 Å². The fraction of sp³-hybridized carbons (Fsp3) is 0.944. The number of ether oxygens (including phenoxy) is 2. The first kappa shape index (κ1) is 20.6. The van der Waals surface area contributed by atoms with Crippen molar-refractivity contribution in [3.05, 3.63) is 0 Å². The summed E-state index contributed by atoms with van der Waals surface area (Å²) in [6.45, 7) is 15.4. The third-order valence-corrected chi connectivity index (χ3v) is 3.79. The Kier molecular flexibility index (Phi) is 11.0. The maximum atomic E-state index is 11.3. The summed E-state index contributed by atoms with van der Waals surface area (Å²) < 4.78 is 11.0. The highest BCUT2D eigenvalue weighted by molar-refractivity contribution is 5.81. The quantitative estimate of drug-likeness (QED) is 0.470. The molecule has 0 fully saturated rings. The Bertz CT molecular complexity index is 270. The van der Waals surface area contributed by atoms with E-state index in [1.165, 1.54) is 12.8 Å². The molecule has 0 aliphatic rings. The second-order valence-electron chi connectivity index (χ2n) is 7.49. The topological polar surface area (TPSA) is 35.5 Å². The summed E-state index contributed by atoms with van der Waals surface area (Å²) in [6.07, 6.45) is 4.50. The molecule has 0 atom stereocenters. The van der Waals surface area contributed by atoms with E-state index in [4.69, 9.17) is 9.47 Å². The summed E-state index contributed by atoms with van der Waals surface area (Å²) in [5.74, 6) is 1.01. The molecule has 0 aromatic heterocycles. The van der Waals surface area contributed by atoms with Crippen LogP contribution in [0.2, 0.25) is 0 Å². The van der Waals surface area contributed by atoms with Gasteiger partial charge >= 0.3 is 0 Å². The van der Waals surface area contributed by atoms with E-state index < -0.39 is 0 Å². The Morgan fingerprint density at radius 1 is 0.952 bits per heavy atom. The molecule has 0 saturated heterocycles. The number of carbonyl (C=O) groups excluding carboxylic acids is 1. The molecule has 0 unspecified atom stereocenters. The molecule has 0 aromatic rings. The average Bonchev–Trinajstić information content (AvgIpc) is 2.39. The zero-order chi connectivity index (χ0) is 16.3. The van der Waals surface area contributed by atoms with Crippen molar-refractivity contribution in [2.45, 2.75) is 67.2 Å². The highest BCUT2D eigenvalue weighted by Gasteiger charge is 2.17. The first-order valence-electron chi connectivity index (χ1n) is 8.43. The van der Waals surface area contributed by atoms with Gasteiger partial charge in [-0.2, -0.15) is 0 Å². The molecule has 0 bridgehead atoms. The number of hydrogen-bond donors (Lipinski definition) is 0. The van der Waals surface area contributed by atoms with Gasteiger partial charge in [0.2, 0.25) is 0 Å². The van der Waals surface area contributed by atoms with Gasteiger partial charge in [-0.25, -0.2) is 0 Å². The van der Waals surface area contributed by atoms with Gasteiger partial charge in [0.25, 0.3) is 0 Å². The fourth-order valence-corrected chi connectivity index (χ4v) is 1.86. The van der Waals surface area contributed by atoms with Gasteiger partial charge in [0, 0.05) is 25.7 Å². The SMILES string of the molecule is CC(C)CCC(C)(C)CCOCCCOCC(=O)C(C)C. The summed E-state index contributed by atoms with van der Waals surface area (Å²) in [6, 6.07) is 0. The Labute approximate surface area is 131 Å². The van der Waals surface area contributed by atoms with Crippen LogP contribution in [0.25, 0.3) is 0 Å². The van der Waals surface area contributed by atoms with Crippen LogP contribution in [0.3, 0.4) is 0 Å². The Morgan fingerprint density at radius 2 is 1.57 bits per heavy atom. The van der Waals surface area contributed by atoms with E-state index in [2.05, 4.69) is 27.7 Å². The molecule has 0 spiro atoms. The van der Waals surface area contributed by atoms with Gasteiger partial charge in [-0.1, -0.05) is 48.0 Å². The lowest BCUT2D eigenvalue weighted by Crippen LogP contribution is -2.17. The smallest absolute Gasteiger partial charge is 0.160 e. The molecule has 0 amide bonds. The van der Waals surface area contributed by atoms with Gasteiger partial charge in [0.15, 0.2) is 5.78 Å². The van der Waals surface area contributed by atoms with Crippen molar-refractivity contribution in [2.24, 2.45) is 17.3 Å². The van der Waals surface area contributed by atoms with E-state index in [-0.39, 0.29) is 18.3 Å². The number of Topliss-reactive ketones (excluding diaryl/α,β-unsaturated/α-hetero) is 1.